The van der Waals surface area contributed by atoms with Crippen molar-refractivity contribution in [2.75, 3.05) is 0 Å². The van der Waals surface area contributed by atoms with Crippen molar-refractivity contribution in [2.45, 2.75) is 6.04 Å². The number of para-hydroxylation sites is 1. The summed E-state index contributed by atoms with van der Waals surface area (Å²) < 4.78 is 0. The Morgan fingerprint density at radius 3 is 2.45 bits per heavy atom. The summed E-state index contributed by atoms with van der Waals surface area (Å²) in [6, 6.07) is 13.9. The van der Waals surface area contributed by atoms with Gasteiger partial charge in [0.15, 0.2) is 0 Å². The zero-order valence-electron chi connectivity index (χ0n) is 10.5. The number of nitrogens with two attached hydrogens (primary N) is 1. The molecule has 0 saturated heterocycles. The first-order chi connectivity index (χ1) is 9.65. The summed E-state index contributed by atoms with van der Waals surface area (Å²) in [6.07, 6.45) is 0. The van der Waals surface area contributed by atoms with Crippen molar-refractivity contribution in [1.82, 2.24) is 9.97 Å². The summed E-state index contributed by atoms with van der Waals surface area (Å²) in [5, 5.41) is 10.4. The van der Waals surface area contributed by atoms with Gasteiger partial charge in [-0.15, -0.1) is 0 Å². The van der Waals surface area contributed by atoms with Crippen LogP contribution in [0.4, 0.5) is 0 Å². The second kappa shape index (κ2) is 5.07. The van der Waals surface area contributed by atoms with Crippen LogP contribution in [-0.4, -0.2) is 15.1 Å². The van der Waals surface area contributed by atoms with Crippen LogP contribution in [0.2, 0.25) is 5.28 Å². The molecule has 0 amide bonds. The number of nitrogens with zero attached hydrogens (tertiary/aromatic N) is 2. The molecule has 4 nitrogen and oxygen atoms in total. The third-order valence-electron chi connectivity index (χ3n) is 3.15. The SMILES string of the molecule is NC(c1ccc(O)cc1)c1nc(Cl)nc2ccccc12. The molecule has 20 heavy (non-hydrogen) atoms. The van der Waals surface area contributed by atoms with E-state index in [1.165, 1.54) is 0 Å². The maximum absolute atomic E-state index is 9.34. The molecule has 1 heterocycles. The lowest BCUT2D eigenvalue weighted by Gasteiger charge is -2.14. The third-order valence-corrected chi connectivity index (χ3v) is 3.32. The van der Waals surface area contributed by atoms with Crippen LogP contribution in [0.15, 0.2) is 48.5 Å². The number of benzene rings is 2. The van der Waals surface area contributed by atoms with Gasteiger partial charge in [0.25, 0.3) is 0 Å². The Kier molecular flexibility index (Phi) is 3.26. The molecule has 100 valence electrons. The van der Waals surface area contributed by atoms with Crippen LogP contribution in [0.1, 0.15) is 17.3 Å². The van der Waals surface area contributed by atoms with Gasteiger partial charge >= 0.3 is 0 Å². The molecule has 2 aromatic carbocycles. The minimum absolute atomic E-state index is 0.174. The van der Waals surface area contributed by atoms with Gasteiger partial charge in [-0.05, 0) is 35.4 Å². The maximum atomic E-state index is 9.34. The van der Waals surface area contributed by atoms with Crippen LogP contribution in [0.5, 0.6) is 5.75 Å². The first kappa shape index (κ1) is 12.8. The average molecular weight is 286 g/mol. The van der Waals surface area contributed by atoms with Crippen molar-refractivity contribution in [3.8, 4) is 5.75 Å². The first-order valence-electron chi connectivity index (χ1n) is 6.12. The molecule has 0 fully saturated rings. The van der Waals surface area contributed by atoms with Crippen molar-refractivity contribution >= 4 is 22.5 Å². The third kappa shape index (κ3) is 2.31. The Labute approximate surface area is 120 Å². The molecule has 1 unspecified atom stereocenters. The second-order valence-electron chi connectivity index (χ2n) is 4.46. The predicted octanol–water partition coefficient (Wildman–Crippen LogP) is 3.04. The molecule has 0 bridgehead atoms. The van der Waals surface area contributed by atoms with E-state index in [0.29, 0.717) is 5.69 Å². The summed E-state index contributed by atoms with van der Waals surface area (Å²) >= 11 is 5.96. The minimum Gasteiger partial charge on any atom is -0.508 e. The molecule has 0 spiro atoms. The number of phenolic OH excluding ortho intramolecular Hbond substituents is 1. The quantitative estimate of drug-likeness (QED) is 0.710. The lowest BCUT2D eigenvalue weighted by Crippen LogP contribution is -2.14. The standard InChI is InChI=1S/C15H12ClN3O/c16-15-18-12-4-2-1-3-11(12)14(19-15)13(17)9-5-7-10(20)8-6-9/h1-8,13,20H,17H2. The lowest BCUT2D eigenvalue weighted by molar-refractivity contribution is 0.475. The fourth-order valence-electron chi connectivity index (χ4n) is 2.15. The molecular formula is C15H12ClN3O. The molecule has 0 saturated carbocycles. The van der Waals surface area contributed by atoms with Crippen LogP contribution in [0.3, 0.4) is 0 Å². The van der Waals surface area contributed by atoms with Crippen molar-refractivity contribution in [3.05, 3.63) is 65.1 Å². The highest BCUT2D eigenvalue weighted by molar-refractivity contribution is 6.28. The fraction of sp³-hybridized carbons (Fsp3) is 0.0667. The molecule has 1 atom stereocenters. The largest absolute Gasteiger partial charge is 0.508 e. The predicted molar refractivity (Wildman–Crippen MR) is 78.7 cm³/mol. The molecule has 3 N–H and O–H groups in total. The summed E-state index contributed by atoms with van der Waals surface area (Å²) in [7, 11) is 0. The monoisotopic (exact) mass is 285 g/mol. The summed E-state index contributed by atoms with van der Waals surface area (Å²) in [6.45, 7) is 0. The highest BCUT2D eigenvalue weighted by Gasteiger charge is 2.15. The van der Waals surface area contributed by atoms with Crippen molar-refractivity contribution in [2.24, 2.45) is 5.73 Å². The summed E-state index contributed by atoms with van der Waals surface area (Å²) in [5.74, 6) is 0.200. The van der Waals surface area contributed by atoms with Crippen LogP contribution in [0, 0.1) is 0 Å². The molecule has 5 heteroatoms. The summed E-state index contributed by atoms with van der Waals surface area (Å²) in [4.78, 5) is 8.45. The Morgan fingerprint density at radius 2 is 1.70 bits per heavy atom. The number of aromatic nitrogens is 2. The topological polar surface area (TPSA) is 72.0 Å². The Hall–Kier alpha value is -2.17. The number of hydrogen-bond donors (Lipinski definition) is 2. The number of rotatable bonds is 2. The number of aromatic hydroxyl groups is 1. The molecule has 3 rings (SSSR count). The molecular weight excluding hydrogens is 274 g/mol. The summed E-state index contributed by atoms with van der Waals surface area (Å²) in [5.41, 5.74) is 8.55. The lowest BCUT2D eigenvalue weighted by atomic mass is 10.0. The molecule has 0 radical (unpaired) electrons. The normalized spacial score (nSPS) is 12.5. The van der Waals surface area contributed by atoms with Crippen molar-refractivity contribution in [1.29, 1.82) is 0 Å². The smallest absolute Gasteiger partial charge is 0.223 e. The molecule has 1 aromatic heterocycles. The Morgan fingerprint density at radius 1 is 1.00 bits per heavy atom. The highest BCUT2D eigenvalue weighted by atomic mass is 35.5. The Bertz CT molecular complexity index is 759. The van der Waals surface area contributed by atoms with E-state index in [2.05, 4.69) is 9.97 Å². The van der Waals surface area contributed by atoms with E-state index in [9.17, 15) is 5.11 Å². The fourth-order valence-corrected chi connectivity index (χ4v) is 2.33. The van der Waals surface area contributed by atoms with Crippen molar-refractivity contribution < 1.29 is 5.11 Å². The zero-order chi connectivity index (χ0) is 14.1. The number of phenols is 1. The molecule has 3 aromatic rings. The van der Waals surface area contributed by atoms with E-state index < -0.39 is 6.04 Å². The van der Waals surface area contributed by atoms with Gasteiger partial charge in [-0.3, -0.25) is 0 Å². The number of fused-ring (bicyclic) bond motifs is 1. The van der Waals surface area contributed by atoms with Gasteiger partial charge < -0.3 is 10.8 Å². The van der Waals surface area contributed by atoms with Gasteiger partial charge in [-0.2, -0.15) is 0 Å². The second-order valence-corrected chi connectivity index (χ2v) is 4.80. The highest BCUT2D eigenvalue weighted by Crippen LogP contribution is 2.26. The maximum Gasteiger partial charge on any atom is 0.223 e. The van der Waals surface area contributed by atoms with Crippen LogP contribution in [-0.2, 0) is 0 Å². The first-order valence-corrected chi connectivity index (χ1v) is 6.49. The zero-order valence-corrected chi connectivity index (χ0v) is 11.2. The minimum atomic E-state index is -0.430. The van der Waals surface area contributed by atoms with Gasteiger partial charge in [0, 0.05) is 5.39 Å². The Balaban J connectivity index is 2.15. The van der Waals surface area contributed by atoms with Gasteiger partial charge in [0.1, 0.15) is 5.75 Å². The molecule has 0 aliphatic carbocycles. The van der Waals surface area contributed by atoms with Gasteiger partial charge in [-0.25, -0.2) is 9.97 Å². The van der Waals surface area contributed by atoms with E-state index in [4.69, 9.17) is 17.3 Å². The van der Waals surface area contributed by atoms with Crippen LogP contribution in [0.25, 0.3) is 10.9 Å². The van der Waals surface area contributed by atoms with E-state index >= 15 is 0 Å². The number of hydrogen-bond acceptors (Lipinski definition) is 4. The van der Waals surface area contributed by atoms with Gasteiger partial charge in [-0.1, -0.05) is 30.3 Å². The van der Waals surface area contributed by atoms with Crippen LogP contribution < -0.4 is 5.73 Å². The van der Waals surface area contributed by atoms with E-state index in [1.807, 2.05) is 24.3 Å². The van der Waals surface area contributed by atoms with Gasteiger partial charge in [0.2, 0.25) is 5.28 Å². The molecule has 0 aliphatic heterocycles. The van der Waals surface area contributed by atoms with E-state index in [-0.39, 0.29) is 11.0 Å². The van der Waals surface area contributed by atoms with E-state index in [1.54, 1.807) is 24.3 Å². The van der Waals surface area contributed by atoms with Gasteiger partial charge in [0.05, 0.1) is 17.3 Å². The van der Waals surface area contributed by atoms with E-state index in [0.717, 1.165) is 16.5 Å². The molecule has 0 aliphatic rings. The van der Waals surface area contributed by atoms with Crippen LogP contribution >= 0.6 is 11.6 Å². The number of halogens is 1. The average Bonchev–Trinajstić information content (AvgIpc) is 2.46. The van der Waals surface area contributed by atoms with Crippen molar-refractivity contribution in [3.63, 3.8) is 0 Å².